The molecule has 23 heavy (non-hydrogen) atoms. The van der Waals surface area contributed by atoms with Gasteiger partial charge in [0.25, 0.3) is 0 Å². The number of nitrogens with zero attached hydrogens (tertiary/aromatic N) is 2. The van der Waals surface area contributed by atoms with E-state index in [2.05, 4.69) is 9.88 Å². The zero-order valence-corrected chi connectivity index (χ0v) is 13.5. The lowest BCUT2D eigenvalue weighted by Gasteiger charge is -2.25. The number of benzene rings is 1. The highest BCUT2D eigenvalue weighted by Gasteiger charge is 2.20. The molecule has 0 spiro atoms. The van der Waals surface area contributed by atoms with Crippen LogP contribution in [-0.4, -0.2) is 29.1 Å². The third-order valence-corrected chi connectivity index (χ3v) is 4.17. The second-order valence-electron chi connectivity index (χ2n) is 6.17. The van der Waals surface area contributed by atoms with E-state index in [1.165, 1.54) is 6.07 Å². The first-order chi connectivity index (χ1) is 11.2. The van der Waals surface area contributed by atoms with E-state index in [9.17, 15) is 4.39 Å². The minimum Gasteiger partial charge on any atom is -0.377 e. The highest BCUT2D eigenvalue weighted by atomic mass is 19.1. The summed E-state index contributed by atoms with van der Waals surface area (Å²) >= 11 is 0. The van der Waals surface area contributed by atoms with E-state index in [1.807, 2.05) is 37.3 Å². The van der Waals surface area contributed by atoms with Crippen LogP contribution in [0.4, 0.5) is 4.39 Å². The summed E-state index contributed by atoms with van der Waals surface area (Å²) in [6, 6.07) is 13.0. The second-order valence-corrected chi connectivity index (χ2v) is 6.17. The van der Waals surface area contributed by atoms with Crippen LogP contribution in [0.15, 0.2) is 42.5 Å². The Morgan fingerprint density at radius 2 is 2.04 bits per heavy atom. The zero-order valence-electron chi connectivity index (χ0n) is 13.5. The van der Waals surface area contributed by atoms with E-state index < -0.39 is 0 Å². The summed E-state index contributed by atoms with van der Waals surface area (Å²) in [7, 11) is 0. The third kappa shape index (κ3) is 4.60. The molecule has 1 atom stereocenters. The van der Waals surface area contributed by atoms with Crippen LogP contribution in [0.2, 0.25) is 0 Å². The molecule has 0 N–H and O–H groups in total. The number of ether oxygens (including phenoxy) is 1. The summed E-state index contributed by atoms with van der Waals surface area (Å²) in [6.07, 6.45) is 2.43. The van der Waals surface area contributed by atoms with E-state index in [-0.39, 0.29) is 11.9 Å². The lowest BCUT2D eigenvalue weighted by atomic mass is 10.1. The topological polar surface area (TPSA) is 25.4 Å². The van der Waals surface area contributed by atoms with Gasteiger partial charge in [-0.1, -0.05) is 24.3 Å². The molecule has 1 aromatic heterocycles. The molecular weight excluding hydrogens is 291 g/mol. The molecule has 1 fully saturated rings. The van der Waals surface area contributed by atoms with Gasteiger partial charge in [-0.2, -0.15) is 0 Å². The number of hydrogen-bond donors (Lipinski definition) is 0. The Morgan fingerprint density at radius 1 is 1.17 bits per heavy atom. The molecular formula is C19H23FN2O. The Kier molecular flexibility index (Phi) is 5.36. The Labute approximate surface area is 137 Å². The van der Waals surface area contributed by atoms with Crippen LogP contribution >= 0.6 is 0 Å². The lowest BCUT2D eigenvalue weighted by molar-refractivity contribution is 0.0671. The van der Waals surface area contributed by atoms with E-state index in [0.717, 1.165) is 42.9 Å². The molecule has 2 aromatic rings. The fourth-order valence-electron chi connectivity index (χ4n) is 3.05. The van der Waals surface area contributed by atoms with Gasteiger partial charge in [-0.25, -0.2) is 4.39 Å². The van der Waals surface area contributed by atoms with Gasteiger partial charge in [-0.3, -0.25) is 9.88 Å². The summed E-state index contributed by atoms with van der Waals surface area (Å²) in [5.41, 5.74) is 2.74. The predicted octanol–water partition coefficient (Wildman–Crippen LogP) is 3.71. The van der Waals surface area contributed by atoms with Gasteiger partial charge in [0.15, 0.2) is 0 Å². The van der Waals surface area contributed by atoms with Crippen molar-refractivity contribution in [2.24, 2.45) is 0 Å². The average Bonchev–Trinajstić information content (AvgIpc) is 3.02. The van der Waals surface area contributed by atoms with Gasteiger partial charge in [0.1, 0.15) is 5.82 Å². The molecule has 122 valence electrons. The van der Waals surface area contributed by atoms with Crippen molar-refractivity contribution in [2.75, 3.05) is 13.2 Å². The average molecular weight is 314 g/mol. The Hall–Kier alpha value is -1.78. The normalized spacial score (nSPS) is 17.8. The van der Waals surface area contributed by atoms with Crippen molar-refractivity contribution in [1.82, 2.24) is 9.88 Å². The van der Waals surface area contributed by atoms with Gasteiger partial charge in [0, 0.05) is 37.5 Å². The summed E-state index contributed by atoms with van der Waals surface area (Å²) in [5.74, 6) is -0.151. The number of hydrogen-bond acceptors (Lipinski definition) is 3. The molecule has 1 unspecified atom stereocenters. The van der Waals surface area contributed by atoms with Gasteiger partial charge in [0.2, 0.25) is 0 Å². The maximum Gasteiger partial charge on any atom is 0.127 e. The number of aryl methyl sites for hydroxylation is 1. The molecule has 4 heteroatoms. The van der Waals surface area contributed by atoms with Crippen molar-refractivity contribution < 1.29 is 9.13 Å². The van der Waals surface area contributed by atoms with Crippen LogP contribution in [0.1, 0.15) is 29.8 Å². The molecule has 0 amide bonds. The number of pyridine rings is 1. The van der Waals surface area contributed by atoms with E-state index >= 15 is 0 Å². The van der Waals surface area contributed by atoms with Crippen LogP contribution in [0.3, 0.4) is 0 Å². The van der Waals surface area contributed by atoms with Crippen molar-refractivity contribution >= 4 is 0 Å². The molecule has 1 aliphatic rings. The monoisotopic (exact) mass is 314 g/mol. The summed E-state index contributed by atoms with van der Waals surface area (Å²) in [5, 5.41) is 0. The van der Waals surface area contributed by atoms with Crippen LogP contribution in [-0.2, 0) is 17.8 Å². The molecule has 3 nitrogen and oxygen atoms in total. The van der Waals surface area contributed by atoms with E-state index in [1.54, 1.807) is 6.07 Å². The van der Waals surface area contributed by atoms with Crippen molar-refractivity contribution in [3.8, 4) is 0 Å². The molecule has 1 saturated heterocycles. The molecule has 0 aliphatic carbocycles. The van der Waals surface area contributed by atoms with Crippen LogP contribution in [0.25, 0.3) is 0 Å². The summed E-state index contributed by atoms with van der Waals surface area (Å²) in [4.78, 5) is 6.81. The van der Waals surface area contributed by atoms with Gasteiger partial charge in [0.05, 0.1) is 11.8 Å². The number of rotatable bonds is 6. The second kappa shape index (κ2) is 7.66. The molecule has 0 bridgehead atoms. The van der Waals surface area contributed by atoms with Gasteiger partial charge < -0.3 is 4.74 Å². The highest BCUT2D eigenvalue weighted by molar-refractivity contribution is 5.17. The maximum absolute atomic E-state index is 14.0. The Bertz CT molecular complexity index is 641. The quantitative estimate of drug-likeness (QED) is 0.813. The van der Waals surface area contributed by atoms with Gasteiger partial charge in [-0.05, 0) is 38.0 Å². The molecule has 2 heterocycles. The number of aromatic nitrogens is 1. The fourth-order valence-corrected chi connectivity index (χ4v) is 3.05. The maximum atomic E-state index is 14.0. The standard InChI is InChI=1S/C19H23FN2O/c1-15-6-4-8-17(21-15)13-22(14-18-9-5-11-23-18)12-16-7-2-3-10-19(16)20/h2-4,6-8,10,18H,5,9,11-14H2,1H3. The summed E-state index contributed by atoms with van der Waals surface area (Å²) < 4.78 is 19.7. The highest BCUT2D eigenvalue weighted by Crippen LogP contribution is 2.18. The van der Waals surface area contributed by atoms with E-state index in [4.69, 9.17) is 4.74 Å². The third-order valence-electron chi connectivity index (χ3n) is 4.17. The Morgan fingerprint density at radius 3 is 2.78 bits per heavy atom. The Balaban J connectivity index is 1.74. The SMILES string of the molecule is Cc1cccc(CN(Cc2ccccc2F)CC2CCCO2)n1. The first-order valence-electron chi connectivity index (χ1n) is 8.20. The van der Waals surface area contributed by atoms with Crippen molar-refractivity contribution in [2.45, 2.75) is 39.0 Å². The molecule has 0 saturated carbocycles. The predicted molar refractivity (Wildman–Crippen MR) is 88.5 cm³/mol. The van der Waals surface area contributed by atoms with Crippen molar-refractivity contribution in [3.63, 3.8) is 0 Å². The van der Waals surface area contributed by atoms with E-state index in [0.29, 0.717) is 13.1 Å². The minimum absolute atomic E-state index is 0.151. The fraction of sp³-hybridized carbons (Fsp3) is 0.421. The van der Waals surface area contributed by atoms with Crippen LogP contribution in [0, 0.1) is 12.7 Å². The minimum atomic E-state index is -0.151. The van der Waals surface area contributed by atoms with Crippen molar-refractivity contribution in [1.29, 1.82) is 0 Å². The van der Waals surface area contributed by atoms with Crippen LogP contribution < -0.4 is 0 Å². The zero-order chi connectivity index (χ0) is 16.1. The smallest absolute Gasteiger partial charge is 0.127 e. The van der Waals surface area contributed by atoms with Gasteiger partial charge >= 0.3 is 0 Å². The molecule has 0 radical (unpaired) electrons. The largest absolute Gasteiger partial charge is 0.377 e. The molecule has 3 rings (SSSR count). The van der Waals surface area contributed by atoms with Crippen LogP contribution in [0.5, 0.6) is 0 Å². The summed E-state index contributed by atoms with van der Waals surface area (Å²) in [6.45, 7) is 4.91. The van der Waals surface area contributed by atoms with Crippen molar-refractivity contribution in [3.05, 3.63) is 65.2 Å². The number of halogens is 1. The van der Waals surface area contributed by atoms with Gasteiger partial charge in [-0.15, -0.1) is 0 Å². The lowest BCUT2D eigenvalue weighted by Crippen LogP contribution is -2.32. The first kappa shape index (κ1) is 16.1. The molecule has 1 aliphatic heterocycles. The molecule has 1 aromatic carbocycles. The first-order valence-corrected chi connectivity index (χ1v) is 8.20.